The molecular formula is C12H23NO2SSi. The van der Waals surface area contributed by atoms with E-state index in [4.69, 9.17) is 4.43 Å². The van der Waals surface area contributed by atoms with E-state index >= 15 is 0 Å². The van der Waals surface area contributed by atoms with Gasteiger partial charge in [0.05, 0.1) is 6.61 Å². The van der Waals surface area contributed by atoms with Crippen LogP contribution < -0.4 is 0 Å². The van der Waals surface area contributed by atoms with Gasteiger partial charge in [0.2, 0.25) is 0 Å². The Kier molecular flexibility index (Phi) is 4.19. The molecule has 1 heterocycles. The van der Waals surface area contributed by atoms with Crippen molar-refractivity contribution in [2.45, 2.75) is 51.4 Å². The first-order valence-electron chi connectivity index (χ1n) is 5.82. The van der Waals surface area contributed by atoms with Crippen LogP contribution in [0.4, 0.5) is 0 Å². The van der Waals surface area contributed by atoms with Crippen LogP contribution >= 0.6 is 11.3 Å². The van der Waals surface area contributed by atoms with Crippen LogP contribution in [-0.2, 0) is 10.0 Å². The summed E-state index contributed by atoms with van der Waals surface area (Å²) in [4.78, 5) is 4.15. The van der Waals surface area contributed by atoms with E-state index in [1.54, 1.807) is 13.1 Å². The van der Waals surface area contributed by atoms with Crippen LogP contribution in [0.3, 0.4) is 0 Å². The lowest BCUT2D eigenvalue weighted by Crippen LogP contribution is -2.44. The molecule has 1 atom stereocenters. The molecule has 1 N–H and O–H groups in total. The van der Waals surface area contributed by atoms with Gasteiger partial charge in [-0.15, -0.1) is 11.3 Å². The monoisotopic (exact) mass is 273 g/mol. The highest BCUT2D eigenvalue weighted by atomic mass is 32.1. The smallest absolute Gasteiger partial charge is 0.192 e. The minimum Gasteiger partial charge on any atom is -0.413 e. The van der Waals surface area contributed by atoms with E-state index < -0.39 is 13.9 Å². The minimum atomic E-state index is -1.81. The molecule has 1 rings (SSSR count). The summed E-state index contributed by atoms with van der Waals surface area (Å²) < 4.78 is 6.04. The van der Waals surface area contributed by atoms with E-state index in [0.29, 0.717) is 6.61 Å². The van der Waals surface area contributed by atoms with Gasteiger partial charge in [-0.1, -0.05) is 20.8 Å². The first kappa shape index (κ1) is 14.8. The van der Waals surface area contributed by atoms with Crippen LogP contribution in [0, 0.1) is 0 Å². The molecule has 0 aromatic carbocycles. The van der Waals surface area contributed by atoms with Crippen molar-refractivity contribution in [3.8, 4) is 0 Å². The molecule has 0 radical (unpaired) electrons. The largest absolute Gasteiger partial charge is 0.413 e. The van der Waals surface area contributed by atoms with Gasteiger partial charge in [-0.25, -0.2) is 4.98 Å². The Morgan fingerprint density at radius 3 is 2.35 bits per heavy atom. The molecule has 1 aromatic heterocycles. The van der Waals surface area contributed by atoms with Crippen molar-refractivity contribution in [3.63, 3.8) is 0 Å². The van der Waals surface area contributed by atoms with Crippen molar-refractivity contribution in [2.24, 2.45) is 0 Å². The predicted molar refractivity (Wildman–Crippen MR) is 74.8 cm³/mol. The van der Waals surface area contributed by atoms with E-state index in [1.165, 1.54) is 11.3 Å². The van der Waals surface area contributed by atoms with Gasteiger partial charge in [0, 0.05) is 11.6 Å². The topological polar surface area (TPSA) is 42.4 Å². The van der Waals surface area contributed by atoms with Gasteiger partial charge < -0.3 is 9.53 Å². The molecule has 0 fully saturated rings. The van der Waals surface area contributed by atoms with Gasteiger partial charge in [0.1, 0.15) is 10.6 Å². The molecule has 0 aliphatic heterocycles. The van der Waals surface area contributed by atoms with Crippen molar-refractivity contribution in [1.82, 2.24) is 4.98 Å². The zero-order valence-electron chi connectivity index (χ0n) is 11.6. The standard InChI is InChI=1S/C12H23NO2SSi/c1-11(2,3)17(5,6)15-9-12(4,14)10-13-7-8-16-10/h7-8,14H,9H2,1-6H3/t12-/m0/s1. The molecule has 0 amide bonds. The van der Waals surface area contributed by atoms with Crippen molar-refractivity contribution in [2.75, 3.05) is 6.61 Å². The Morgan fingerprint density at radius 1 is 1.35 bits per heavy atom. The summed E-state index contributed by atoms with van der Waals surface area (Å²) in [6.45, 7) is 13.0. The van der Waals surface area contributed by atoms with Gasteiger partial charge in [-0.3, -0.25) is 0 Å². The van der Waals surface area contributed by atoms with Gasteiger partial charge in [0.15, 0.2) is 8.32 Å². The molecule has 0 bridgehead atoms. The van der Waals surface area contributed by atoms with Crippen LogP contribution in [0.1, 0.15) is 32.7 Å². The van der Waals surface area contributed by atoms with Gasteiger partial charge >= 0.3 is 0 Å². The second kappa shape index (κ2) is 4.80. The highest BCUT2D eigenvalue weighted by Crippen LogP contribution is 2.37. The third-order valence-electron chi connectivity index (χ3n) is 3.41. The van der Waals surface area contributed by atoms with Crippen molar-refractivity contribution in [3.05, 3.63) is 16.6 Å². The SMILES string of the molecule is CC(C)(C)[Si](C)(C)OC[C@](C)(O)c1nccs1. The number of thiazole rings is 1. The molecular weight excluding hydrogens is 250 g/mol. The Morgan fingerprint density at radius 2 is 1.94 bits per heavy atom. The molecule has 0 saturated heterocycles. The molecule has 0 aliphatic rings. The van der Waals surface area contributed by atoms with E-state index in [1.807, 2.05) is 5.38 Å². The Hall–Kier alpha value is -0.233. The quantitative estimate of drug-likeness (QED) is 0.855. The highest BCUT2D eigenvalue weighted by Gasteiger charge is 2.39. The molecule has 0 unspecified atom stereocenters. The number of aliphatic hydroxyl groups is 1. The van der Waals surface area contributed by atoms with Crippen LogP contribution in [0.15, 0.2) is 11.6 Å². The molecule has 0 saturated carbocycles. The van der Waals surface area contributed by atoms with E-state index in [-0.39, 0.29) is 5.04 Å². The fourth-order valence-corrected chi connectivity index (χ4v) is 2.85. The number of aromatic nitrogens is 1. The maximum absolute atomic E-state index is 10.3. The zero-order chi connectivity index (χ0) is 13.3. The lowest BCUT2D eigenvalue weighted by molar-refractivity contribution is 0.00244. The molecule has 0 spiro atoms. The fraction of sp³-hybridized carbons (Fsp3) is 0.750. The second-order valence-corrected chi connectivity index (χ2v) is 11.9. The summed E-state index contributed by atoms with van der Waals surface area (Å²) in [5.74, 6) is 0. The third kappa shape index (κ3) is 3.61. The second-order valence-electron chi connectivity index (χ2n) is 6.16. The number of nitrogens with zero attached hydrogens (tertiary/aromatic N) is 1. The lowest BCUT2D eigenvalue weighted by atomic mass is 10.1. The van der Waals surface area contributed by atoms with Crippen LogP contribution in [0.5, 0.6) is 0 Å². The summed E-state index contributed by atoms with van der Waals surface area (Å²) in [6.07, 6.45) is 1.71. The molecule has 3 nitrogen and oxygen atoms in total. The van der Waals surface area contributed by atoms with E-state index in [0.717, 1.165) is 5.01 Å². The summed E-state index contributed by atoms with van der Waals surface area (Å²) >= 11 is 1.46. The van der Waals surface area contributed by atoms with Crippen LogP contribution in [0.25, 0.3) is 0 Å². The Labute approximate surface area is 109 Å². The van der Waals surface area contributed by atoms with E-state index in [2.05, 4.69) is 38.8 Å². The molecule has 17 heavy (non-hydrogen) atoms. The fourth-order valence-electron chi connectivity index (χ4n) is 1.09. The third-order valence-corrected chi connectivity index (χ3v) is 8.92. The number of hydrogen-bond acceptors (Lipinski definition) is 4. The first-order valence-corrected chi connectivity index (χ1v) is 9.61. The Balaban J connectivity index is 2.68. The highest BCUT2D eigenvalue weighted by molar-refractivity contribution is 7.09. The maximum Gasteiger partial charge on any atom is 0.192 e. The maximum atomic E-state index is 10.3. The molecule has 0 aliphatic carbocycles. The molecule has 5 heteroatoms. The molecule has 1 aromatic rings. The average Bonchev–Trinajstić information content (AvgIpc) is 2.66. The molecule has 98 valence electrons. The zero-order valence-corrected chi connectivity index (χ0v) is 13.4. The summed E-state index contributed by atoms with van der Waals surface area (Å²) in [5, 5.41) is 13.1. The van der Waals surface area contributed by atoms with Gasteiger partial charge in [-0.05, 0) is 25.1 Å². The first-order chi connectivity index (χ1) is 7.56. The van der Waals surface area contributed by atoms with Crippen molar-refractivity contribution < 1.29 is 9.53 Å². The van der Waals surface area contributed by atoms with Crippen molar-refractivity contribution >= 4 is 19.7 Å². The van der Waals surface area contributed by atoms with Crippen LogP contribution in [-0.4, -0.2) is 25.0 Å². The Bertz CT molecular complexity index is 355. The van der Waals surface area contributed by atoms with E-state index in [9.17, 15) is 5.11 Å². The number of rotatable bonds is 4. The summed E-state index contributed by atoms with van der Waals surface area (Å²) in [5.41, 5.74) is -0.982. The van der Waals surface area contributed by atoms with Crippen LogP contribution in [0.2, 0.25) is 18.1 Å². The van der Waals surface area contributed by atoms with Crippen molar-refractivity contribution in [1.29, 1.82) is 0 Å². The van der Waals surface area contributed by atoms with Gasteiger partial charge in [0.25, 0.3) is 0 Å². The summed E-state index contributed by atoms with van der Waals surface area (Å²) in [6, 6.07) is 0. The lowest BCUT2D eigenvalue weighted by Gasteiger charge is -2.38. The minimum absolute atomic E-state index is 0.159. The van der Waals surface area contributed by atoms with Gasteiger partial charge in [-0.2, -0.15) is 0 Å². The normalized spacial score (nSPS) is 16.9. The summed E-state index contributed by atoms with van der Waals surface area (Å²) in [7, 11) is -1.81. The predicted octanol–water partition coefficient (Wildman–Crippen LogP) is 3.37. The average molecular weight is 273 g/mol. The number of hydrogen-bond donors (Lipinski definition) is 1.